The van der Waals surface area contributed by atoms with Crippen LogP contribution in [-0.2, 0) is 0 Å². The van der Waals surface area contributed by atoms with Gasteiger partial charge in [0.25, 0.3) is 5.09 Å². The van der Waals surface area contributed by atoms with Crippen molar-refractivity contribution in [1.82, 2.24) is 0 Å². The third kappa shape index (κ3) is 7.65. The molecule has 0 aromatic heterocycles. The summed E-state index contributed by atoms with van der Waals surface area (Å²) >= 11 is 10.8. The topological polar surface area (TPSA) is 114 Å². The van der Waals surface area contributed by atoms with Crippen LogP contribution in [0.1, 0.15) is 0 Å². The van der Waals surface area contributed by atoms with Crippen LogP contribution in [0.4, 0.5) is 5.69 Å². The fraction of sp³-hybridized carbons (Fsp3) is 0. The number of anilines is 1. The van der Waals surface area contributed by atoms with Gasteiger partial charge in [-0.1, -0.05) is 17.7 Å². The molecule has 0 amide bonds. The Morgan fingerprint density at radius 1 is 1.62 bits per heavy atom. The number of halogens is 2. The SMILES string of the molecule is NC(=NCl)Nc1cccc(Cl)c1.O=[N+]([O-])O. The van der Waals surface area contributed by atoms with E-state index in [1.807, 2.05) is 0 Å². The molecule has 7 nitrogen and oxygen atoms in total. The molecule has 1 rings (SSSR count). The number of benzene rings is 1. The Morgan fingerprint density at radius 2 is 2.19 bits per heavy atom. The maximum absolute atomic E-state index is 8.36. The number of guanidine groups is 1. The molecule has 1 aromatic carbocycles. The number of hydrogen-bond acceptors (Lipinski definition) is 3. The summed E-state index contributed by atoms with van der Waals surface area (Å²) in [5.41, 5.74) is 6.07. The van der Waals surface area contributed by atoms with Crippen LogP contribution in [0.25, 0.3) is 0 Å². The number of nitrogens with one attached hydrogen (secondary N) is 1. The third-order valence-corrected chi connectivity index (χ3v) is 1.61. The largest absolute Gasteiger partial charge is 0.369 e. The van der Waals surface area contributed by atoms with Gasteiger partial charge in [0.15, 0.2) is 0 Å². The van der Waals surface area contributed by atoms with Crippen LogP contribution in [0.5, 0.6) is 0 Å². The van der Waals surface area contributed by atoms with Crippen molar-refractivity contribution in [2.24, 2.45) is 10.2 Å². The highest BCUT2D eigenvalue weighted by Crippen LogP contribution is 2.14. The summed E-state index contributed by atoms with van der Waals surface area (Å²) in [5.74, 6) is 0.138. The minimum absolute atomic E-state index is 0.138. The van der Waals surface area contributed by atoms with Crippen molar-refractivity contribution in [1.29, 1.82) is 0 Å². The molecule has 0 atom stereocenters. The van der Waals surface area contributed by atoms with E-state index in [1.165, 1.54) is 0 Å². The van der Waals surface area contributed by atoms with Gasteiger partial charge < -0.3 is 16.3 Å². The number of nitrogens with zero attached hydrogens (tertiary/aromatic N) is 2. The molecule has 0 heterocycles. The minimum atomic E-state index is -1.50. The standard InChI is InChI=1S/C7H7Cl2N3.HNO3/c8-5-2-1-3-6(4-5)11-7(10)12-9;2-1(3)4/h1-4H,(H3,10,11,12);(H,2,3,4). The predicted molar refractivity (Wildman–Crippen MR) is 61.3 cm³/mol. The second-order valence-electron chi connectivity index (χ2n) is 2.34. The Labute approximate surface area is 101 Å². The minimum Gasteiger partial charge on any atom is -0.369 e. The van der Waals surface area contributed by atoms with E-state index in [9.17, 15) is 0 Å². The molecule has 0 aliphatic rings. The number of nitrogens with two attached hydrogens (primary N) is 1. The highest BCUT2D eigenvalue weighted by molar-refractivity contribution is 6.31. The average Bonchev–Trinajstić information content (AvgIpc) is 2.16. The quantitative estimate of drug-likeness (QED) is 0.311. The van der Waals surface area contributed by atoms with Gasteiger partial charge in [0, 0.05) is 22.5 Å². The van der Waals surface area contributed by atoms with Gasteiger partial charge >= 0.3 is 0 Å². The van der Waals surface area contributed by atoms with Gasteiger partial charge in [-0.25, -0.2) is 0 Å². The molecule has 0 fully saturated rings. The number of rotatable bonds is 1. The zero-order valence-electron chi connectivity index (χ0n) is 7.80. The van der Waals surface area contributed by atoms with Crippen molar-refractivity contribution in [2.45, 2.75) is 0 Å². The van der Waals surface area contributed by atoms with Crippen molar-refractivity contribution < 1.29 is 10.3 Å². The first-order valence-corrected chi connectivity index (χ1v) is 4.47. The molecule has 0 bridgehead atoms. The first kappa shape index (κ1) is 14.3. The monoisotopic (exact) mass is 266 g/mol. The van der Waals surface area contributed by atoms with Gasteiger partial charge in [0.05, 0.1) is 0 Å². The van der Waals surface area contributed by atoms with E-state index >= 15 is 0 Å². The van der Waals surface area contributed by atoms with E-state index < -0.39 is 5.09 Å². The Morgan fingerprint density at radius 3 is 2.62 bits per heavy atom. The van der Waals surface area contributed by atoms with E-state index in [1.54, 1.807) is 24.3 Å². The fourth-order valence-electron chi connectivity index (χ4n) is 0.735. The molecule has 0 saturated carbocycles. The highest BCUT2D eigenvalue weighted by Gasteiger charge is 1.94. The lowest BCUT2D eigenvalue weighted by Gasteiger charge is -2.02. The van der Waals surface area contributed by atoms with Crippen molar-refractivity contribution >= 4 is 35.0 Å². The maximum Gasteiger partial charge on any atom is 0.291 e. The summed E-state index contributed by atoms with van der Waals surface area (Å²) in [6.07, 6.45) is 0. The second-order valence-corrected chi connectivity index (χ2v) is 2.95. The maximum atomic E-state index is 8.36. The molecule has 0 aliphatic carbocycles. The Hall–Kier alpha value is -1.73. The summed E-state index contributed by atoms with van der Waals surface area (Å²) in [6.45, 7) is 0. The van der Waals surface area contributed by atoms with E-state index in [0.29, 0.717) is 5.02 Å². The van der Waals surface area contributed by atoms with Crippen molar-refractivity contribution in [3.63, 3.8) is 0 Å². The summed E-state index contributed by atoms with van der Waals surface area (Å²) in [7, 11) is 0. The second kappa shape index (κ2) is 7.55. The molecule has 4 N–H and O–H groups in total. The van der Waals surface area contributed by atoms with Gasteiger partial charge in [-0.2, -0.15) is 0 Å². The van der Waals surface area contributed by atoms with Gasteiger partial charge in [-0.15, -0.1) is 14.6 Å². The van der Waals surface area contributed by atoms with Crippen molar-refractivity contribution in [2.75, 3.05) is 5.32 Å². The highest BCUT2D eigenvalue weighted by atomic mass is 35.5. The summed E-state index contributed by atoms with van der Waals surface area (Å²) in [6, 6.07) is 7.09. The Kier molecular flexibility index (Phi) is 6.73. The molecule has 0 radical (unpaired) electrons. The third-order valence-electron chi connectivity index (χ3n) is 1.19. The summed E-state index contributed by atoms with van der Waals surface area (Å²) in [5, 5.41) is 17.0. The van der Waals surface area contributed by atoms with Crippen LogP contribution in [0, 0.1) is 10.1 Å². The predicted octanol–water partition coefficient (Wildman–Crippen LogP) is 1.87. The smallest absolute Gasteiger partial charge is 0.291 e. The zero-order valence-corrected chi connectivity index (χ0v) is 9.31. The molecule has 0 aliphatic heterocycles. The van der Waals surface area contributed by atoms with E-state index in [2.05, 4.69) is 9.83 Å². The van der Waals surface area contributed by atoms with Crippen LogP contribution in [0.15, 0.2) is 28.8 Å². The van der Waals surface area contributed by atoms with Crippen LogP contribution < -0.4 is 11.1 Å². The van der Waals surface area contributed by atoms with Crippen LogP contribution in [-0.4, -0.2) is 16.3 Å². The van der Waals surface area contributed by atoms with Crippen molar-refractivity contribution in [3.05, 3.63) is 39.4 Å². The lowest BCUT2D eigenvalue weighted by molar-refractivity contribution is -0.742. The first-order chi connectivity index (χ1) is 7.45. The normalized spacial score (nSPS) is 10.0. The van der Waals surface area contributed by atoms with E-state index in [-0.39, 0.29) is 5.96 Å². The average molecular weight is 267 g/mol. The van der Waals surface area contributed by atoms with Crippen molar-refractivity contribution in [3.8, 4) is 0 Å². The summed E-state index contributed by atoms with van der Waals surface area (Å²) < 4.78 is 3.23. The molecule has 88 valence electrons. The first-order valence-electron chi connectivity index (χ1n) is 3.76. The van der Waals surface area contributed by atoms with Crippen LogP contribution >= 0.6 is 23.4 Å². The molecular formula is C7H8Cl2N4O3. The van der Waals surface area contributed by atoms with Gasteiger partial charge in [0.2, 0.25) is 5.96 Å². The van der Waals surface area contributed by atoms with E-state index in [4.69, 9.17) is 44.4 Å². The Bertz CT molecular complexity index is 382. The molecule has 0 saturated heterocycles. The van der Waals surface area contributed by atoms with Gasteiger partial charge in [-0.3, -0.25) is 0 Å². The molecule has 9 heteroatoms. The van der Waals surface area contributed by atoms with Gasteiger partial charge in [-0.05, 0) is 18.2 Å². The van der Waals surface area contributed by atoms with Gasteiger partial charge in [0.1, 0.15) is 0 Å². The summed E-state index contributed by atoms with van der Waals surface area (Å²) in [4.78, 5) is 8.36. The Balaban J connectivity index is 0.000000487. The van der Waals surface area contributed by atoms with Crippen LogP contribution in [0.2, 0.25) is 5.02 Å². The zero-order chi connectivity index (χ0) is 12.6. The fourth-order valence-corrected chi connectivity index (χ4v) is 0.968. The molecule has 0 unspecified atom stereocenters. The number of hydrogen-bond donors (Lipinski definition) is 3. The lowest BCUT2D eigenvalue weighted by atomic mass is 10.3. The van der Waals surface area contributed by atoms with Crippen LogP contribution in [0.3, 0.4) is 0 Å². The van der Waals surface area contributed by atoms with E-state index in [0.717, 1.165) is 5.69 Å². The molecule has 0 spiro atoms. The lowest BCUT2D eigenvalue weighted by Crippen LogP contribution is -2.21. The molecule has 16 heavy (non-hydrogen) atoms. The molecule has 1 aromatic rings. The molecular weight excluding hydrogens is 259 g/mol.